The van der Waals surface area contributed by atoms with E-state index >= 15 is 0 Å². The molecule has 4 N–H and O–H groups in total. The second kappa shape index (κ2) is 9.50. The minimum atomic E-state index is -4.91. The molecule has 0 unspecified atom stereocenters. The van der Waals surface area contributed by atoms with Crippen LogP contribution in [0.3, 0.4) is 0 Å². The molecule has 2 heterocycles. The molecule has 0 saturated carbocycles. The van der Waals surface area contributed by atoms with Gasteiger partial charge in [-0.2, -0.15) is 13.2 Å². The molecule has 4 aromatic rings. The van der Waals surface area contributed by atoms with E-state index in [0.717, 1.165) is 27.1 Å². The molecule has 2 aromatic carbocycles. The van der Waals surface area contributed by atoms with Gasteiger partial charge in [0.25, 0.3) is 5.56 Å². The number of nitrogens with zero attached hydrogens (tertiary/aromatic N) is 1. The van der Waals surface area contributed by atoms with Crippen molar-refractivity contribution in [3.63, 3.8) is 0 Å². The average Bonchev–Trinajstić information content (AvgIpc) is 3.22. The molecule has 0 fully saturated rings. The molecule has 2 amide bonds. The topological polar surface area (TPSA) is 108 Å². The number of benzene rings is 2. The summed E-state index contributed by atoms with van der Waals surface area (Å²) in [6.07, 6.45) is -4.91. The summed E-state index contributed by atoms with van der Waals surface area (Å²) in [7, 11) is 1.65. The Balaban J connectivity index is 1.70. The zero-order valence-electron chi connectivity index (χ0n) is 18.2. The number of hydrogen-bond donors (Lipinski definition) is 4. The van der Waals surface area contributed by atoms with Gasteiger partial charge in [-0.25, -0.2) is 14.2 Å². The molecule has 8 nitrogen and oxygen atoms in total. The van der Waals surface area contributed by atoms with Crippen LogP contribution < -0.4 is 26.6 Å². The van der Waals surface area contributed by atoms with Crippen molar-refractivity contribution in [2.24, 2.45) is 0 Å². The molecule has 0 aliphatic rings. The molecule has 0 saturated heterocycles. The van der Waals surface area contributed by atoms with Crippen molar-refractivity contribution in [1.82, 2.24) is 14.3 Å². The second-order valence-corrected chi connectivity index (χ2v) is 9.73. The summed E-state index contributed by atoms with van der Waals surface area (Å²) >= 11 is 2.47. The average molecular weight is 522 g/mol. The number of fused-ring (bicyclic) bond motifs is 1. The van der Waals surface area contributed by atoms with Crippen molar-refractivity contribution >= 4 is 51.6 Å². The predicted molar refractivity (Wildman–Crippen MR) is 132 cm³/mol. The van der Waals surface area contributed by atoms with Crippen LogP contribution in [0.2, 0.25) is 0 Å². The second-order valence-electron chi connectivity index (χ2n) is 7.33. The van der Waals surface area contributed by atoms with Crippen LogP contribution in [0.1, 0.15) is 10.4 Å². The van der Waals surface area contributed by atoms with Crippen molar-refractivity contribution in [2.45, 2.75) is 17.3 Å². The van der Waals surface area contributed by atoms with Crippen LogP contribution in [-0.2, 0) is 6.18 Å². The number of aromatic amines is 1. The number of alkyl halides is 3. The monoisotopic (exact) mass is 521 g/mol. The molecular weight excluding hydrogens is 503 g/mol. The number of nitrogens with one attached hydrogen (secondary N) is 4. The van der Waals surface area contributed by atoms with E-state index in [9.17, 15) is 27.6 Å². The number of H-pyrrole nitrogens is 1. The fourth-order valence-corrected chi connectivity index (χ4v) is 5.00. The minimum Gasteiger partial charge on any atom is -0.388 e. The van der Waals surface area contributed by atoms with Gasteiger partial charge in [0.1, 0.15) is 0 Å². The van der Waals surface area contributed by atoms with Crippen LogP contribution in [0.4, 0.5) is 29.3 Å². The van der Waals surface area contributed by atoms with Gasteiger partial charge in [0.15, 0.2) is 0 Å². The number of aromatic nitrogens is 2. The summed E-state index contributed by atoms with van der Waals surface area (Å²) in [5.41, 5.74) is -3.20. The van der Waals surface area contributed by atoms with Gasteiger partial charge in [0.05, 0.1) is 26.4 Å². The van der Waals surface area contributed by atoms with Gasteiger partial charge in [-0.3, -0.25) is 9.52 Å². The summed E-state index contributed by atoms with van der Waals surface area (Å²) in [6, 6.07) is 10.3. The van der Waals surface area contributed by atoms with Gasteiger partial charge in [0.2, 0.25) is 0 Å². The standard InChI is InChI=1S/C22H18F3N5O3S2/c1-11-3-8-18(34-11)35-29-20(32)27-13-5-7-17(15(9-13)22(23,24)25)30-19(31)14-6-4-12(26-2)10-16(14)28-21(30)33/h3-10,26H,1-2H3,(H,28,33)(H2,27,29,32). The minimum absolute atomic E-state index is 0.0409. The number of carbonyl (C=O) groups is 1. The first-order chi connectivity index (χ1) is 16.6. The number of carbonyl (C=O) groups excluding carboxylic acids is 1. The van der Waals surface area contributed by atoms with E-state index in [0.29, 0.717) is 16.3 Å². The zero-order chi connectivity index (χ0) is 25.3. The van der Waals surface area contributed by atoms with Crippen LogP contribution in [0, 0.1) is 6.92 Å². The molecule has 2 aromatic heterocycles. The molecular formula is C22H18F3N5O3S2. The fraction of sp³-hybridized carbons (Fsp3) is 0.136. The molecule has 35 heavy (non-hydrogen) atoms. The van der Waals surface area contributed by atoms with E-state index in [1.54, 1.807) is 19.2 Å². The predicted octanol–water partition coefficient (Wildman–Crippen LogP) is 4.94. The Morgan fingerprint density at radius 3 is 2.46 bits per heavy atom. The highest BCUT2D eigenvalue weighted by Crippen LogP contribution is 2.35. The van der Waals surface area contributed by atoms with Crippen molar-refractivity contribution < 1.29 is 18.0 Å². The number of urea groups is 1. The summed E-state index contributed by atoms with van der Waals surface area (Å²) in [5, 5.41) is 5.23. The maximum absolute atomic E-state index is 13.9. The Hall–Kier alpha value is -3.71. The maximum Gasteiger partial charge on any atom is 0.418 e. The SMILES string of the molecule is CNc1ccc2c(=O)n(-c3ccc(NC(=O)NSc4ccc(C)s4)cc3C(F)(F)F)c(=O)[nH]c2c1. The van der Waals surface area contributed by atoms with Crippen LogP contribution in [-0.4, -0.2) is 22.6 Å². The smallest absolute Gasteiger partial charge is 0.388 e. The van der Waals surface area contributed by atoms with Crippen LogP contribution in [0.15, 0.2) is 62.3 Å². The molecule has 0 aliphatic heterocycles. The Kier molecular flexibility index (Phi) is 6.63. The number of thiophene rings is 1. The van der Waals surface area contributed by atoms with E-state index in [2.05, 4.69) is 20.3 Å². The number of hydrogen-bond acceptors (Lipinski definition) is 6. The van der Waals surface area contributed by atoms with E-state index in [1.807, 2.05) is 13.0 Å². The lowest BCUT2D eigenvalue weighted by Crippen LogP contribution is -2.35. The van der Waals surface area contributed by atoms with Crippen molar-refractivity contribution in [1.29, 1.82) is 0 Å². The third kappa shape index (κ3) is 5.20. The molecule has 0 spiro atoms. The van der Waals surface area contributed by atoms with Gasteiger partial charge in [-0.15, -0.1) is 11.3 Å². The first kappa shape index (κ1) is 24.4. The Labute approximate surface area is 204 Å². The molecule has 0 atom stereocenters. The van der Waals surface area contributed by atoms with Crippen LogP contribution in [0.5, 0.6) is 0 Å². The molecule has 0 bridgehead atoms. The summed E-state index contributed by atoms with van der Waals surface area (Å²) in [6.45, 7) is 1.90. The molecule has 182 valence electrons. The zero-order valence-corrected chi connectivity index (χ0v) is 19.9. The van der Waals surface area contributed by atoms with Crippen molar-refractivity contribution in [2.75, 3.05) is 17.7 Å². The van der Waals surface area contributed by atoms with Gasteiger partial charge in [-0.05, 0) is 67.4 Å². The van der Waals surface area contributed by atoms with E-state index in [1.165, 1.54) is 29.5 Å². The highest BCUT2D eigenvalue weighted by Gasteiger charge is 2.35. The van der Waals surface area contributed by atoms with Crippen molar-refractivity contribution in [3.05, 3.63) is 79.8 Å². The summed E-state index contributed by atoms with van der Waals surface area (Å²) < 4.78 is 45.5. The number of anilines is 2. The lowest BCUT2D eigenvalue weighted by Gasteiger charge is -2.16. The van der Waals surface area contributed by atoms with E-state index in [4.69, 9.17) is 0 Å². The molecule has 0 radical (unpaired) electrons. The van der Waals surface area contributed by atoms with Gasteiger partial charge in [-0.1, -0.05) is 0 Å². The van der Waals surface area contributed by atoms with Gasteiger partial charge in [0, 0.05) is 23.3 Å². The first-order valence-corrected chi connectivity index (χ1v) is 11.7. The number of rotatable bonds is 5. The Morgan fingerprint density at radius 1 is 1.06 bits per heavy atom. The highest BCUT2D eigenvalue weighted by atomic mass is 32.2. The van der Waals surface area contributed by atoms with E-state index < -0.39 is 34.7 Å². The summed E-state index contributed by atoms with van der Waals surface area (Å²) in [5.74, 6) is 0. The third-order valence-corrected chi connectivity index (χ3v) is 6.87. The normalized spacial score (nSPS) is 11.5. The number of amides is 2. The van der Waals surface area contributed by atoms with Gasteiger partial charge < -0.3 is 15.6 Å². The first-order valence-electron chi connectivity index (χ1n) is 10.1. The van der Waals surface area contributed by atoms with Crippen LogP contribution >= 0.6 is 23.3 Å². The third-order valence-electron chi connectivity index (χ3n) is 4.95. The molecule has 13 heteroatoms. The van der Waals surface area contributed by atoms with Gasteiger partial charge >= 0.3 is 17.9 Å². The number of halogens is 3. The molecule has 0 aliphatic carbocycles. The highest BCUT2D eigenvalue weighted by molar-refractivity contribution is 7.99. The quantitative estimate of drug-likeness (QED) is 0.278. The number of aryl methyl sites for hydroxylation is 1. The Bertz CT molecular complexity index is 1540. The Morgan fingerprint density at radius 2 is 1.80 bits per heavy atom. The fourth-order valence-electron chi connectivity index (χ4n) is 3.35. The largest absolute Gasteiger partial charge is 0.418 e. The molecule has 4 rings (SSSR count). The maximum atomic E-state index is 13.9. The lowest BCUT2D eigenvalue weighted by molar-refractivity contribution is -0.137. The van der Waals surface area contributed by atoms with Crippen molar-refractivity contribution in [3.8, 4) is 5.69 Å². The van der Waals surface area contributed by atoms with Crippen LogP contribution in [0.25, 0.3) is 16.6 Å². The lowest BCUT2D eigenvalue weighted by atomic mass is 10.1. The summed E-state index contributed by atoms with van der Waals surface area (Å²) in [4.78, 5) is 41.3. The van der Waals surface area contributed by atoms with E-state index in [-0.39, 0.29) is 16.6 Å².